The van der Waals surface area contributed by atoms with Crippen molar-refractivity contribution in [1.82, 2.24) is 63.7 Å². The van der Waals surface area contributed by atoms with Crippen molar-refractivity contribution in [3.63, 3.8) is 0 Å². The van der Waals surface area contributed by atoms with E-state index < -0.39 is 0 Å². The second kappa shape index (κ2) is 47.4. The van der Waals surface area contributed by atoms with Gasteiger partial charge in [-0.2, -0.15) is 41.9 Å². The van der Waals surface area contributed by atoms with E-state index in [-0.39, 0.29) is 60.8 Å². The second-order valence-corrected chi connectivity index (χ2v) is 29.1. The highest BCUT2D eigenvalue weighted by molar-refractivity contribution is 7.08. The zero-order valence-corrected chi connectivity index (χ0v) is 71.0. The number of anilines is 1. The van der Waals surface area contributed by atoms with Gasteiger partial charge in [-0.3, -0.25) is 28.8 Å². The van der Waals surface area contributed by atoms with E-state index in [0.29, 0.717) is 71.0 Å². The Kier molecular flexibility index (Phi) is 33.4. The summed E-state index contributed by atoms with van der Waals surface area (Å²) in [7, 11) is 3.19. The van der Waals surface area contributed by atoms with Crippen LogP contribution in [0.2, 0.25) is 5.02 Å². The quantitative estimate of drug-likeness (QED) is 0.0454. The van der Waals surface area contributed by atoms with Crippen LogP contribution in [0.3, 0.4) is 0 Å². The third-order valence-electron chi connectivity index (χ3n) is 18.8. The first-order chi connectivity index (χ1) is 62.7. The van der Waals surface area contributed by atoms with Crippen LogP contribution in [0.1, 0.15) is 139 Å². The Bertz CT molecular complexity index is 6250. The lowest BCUT2D eigenvalue weighted by molar-refractivity contribution is 0.0503. The minimum atomic E-state index is -0.223. The van der Waals surface area contributed by atoms with Crippen molar-refractivity contribution in [2.75, 3.05) is 65.2 Å². The van der Waals surface area contributed by atoms with E-state index in [2.05, 4.69) is 40.5 Å². The summed E-state index contributed by atoms with van der Waals surface area (Å²) in [5.41, 5.74) is 7.17. The van der Waals surface area contributed by atoms with Crippen LogP contribution in [0.15, 0.2) is 294 Å². The maximum atomic E-state index is 12.6. The van der Waals surface area contributed by atoms with Crippen molar-refractivity contribution in [1.29, 1.82) is 0 Å². The van der Waals surface area contributed by atoms with Gasteiger partial charge < -0.3 is 50.4 Å². The Labute approximate surface area is 743 Å². The van der Waals surface area contributed by atoms with Crippen molar-refractivity contribution >= 4 is 137 Å². The topological polar surface area (TPSA) is 341 Å². The lowest BCUT2D eigenvalue weighted by atomic mass is 9.85. The average Bonchev–Trinajstić information content (AvgIpc) is 1.43. The Morgan fingerprint density at radius 1 is 0.422 bits per heavy atom. The fraction of sp³-hybridized carbons (Fsp3) is 0.156. The zero-order valence-electron chi connectivity index (χ0n) is 69.5. The summed E-state index contributed by atoms with van der Waals surface area (Å²) in [6.45, 7) is 3.84. The monoisotopic (exact) mass is 1760 g/mol. The van der Waals surface area contributed by atoms with Gasteiger partial charge in [-0.25, -0.2) is 33.1 Å². The number of morpholine rings is 1. The molecule has 16 aromatic rings. The molecule has 1 saturated carbocycles. The first-order valence-corrected chi connectivity index (χ1v) is 41.6. The van der Waals surface area contributed by atoms with Crippen LogP contribution < -0.4 is 9.64 Å². The highest BCUT2D eigenvalue weighted by Gasteiger charge is 2.27. The molecule has 1 aliphatic heterocycles. The van der Waals surface area contributed by atoms with Gasteiger partial charge in [-0.15, -0.1) is 0 Å². The zero-order chi connectivity index (χ0) is 88.9. The molecule has 0 radical (unpaired) electrons. The molecule has 0 spiro atoms. The Morgan fingerprint density at radius 3 is 1.16 bits per heavy atom. The predicted molar refractivity (Wildman–Crippen MR) is 485 cm³/mol. The summed E-state index contributed by atoms with van der Waals surface area (Å²) < 4.78 is 59.6. The molecule has 2 aliphatic rings. The third kappa shape index (κ3) is 28.0. The number of furan rings is 6. The molecule has 14 aromatic heterocycles. The summed E-state index contributed by atoms with van der Waals surface area (Å²) in [6, 6.07) is 52.7. The molecule has 2 aromatic carbocycles. The lowest BCUT2D eigenvalue weighted by Crippen LogP contribution is -2.36. The van der Waals surface area contributed by atoms with E-state index in [9.17, 15) is 28.8 Å². The van der Waals surface area contributed by atoms with E-state index in [4.69, 9.17) is 57.1 Å². The van der Waals surface area contributed by atoms with Crippen LogP contribution >= 0.6 is 22.9 Å². The molecule has 650 valence electrons. The minimum absolute atomic E-state index is 0.0215. The number of thiophene rings is 1. The smallest absolute Gasteiger partial charge is 0.279 e. The van der Waals surface area contributed by atoms with E-state index >= 15 is 0 Å². The van der Waals surface area contributed by atoms with Gasteiger partial charge in [0.25, 0.3) is 29.5 Å². The number of halogens is 1. The summed E-state index contributed by atoms with van der Waals surface area (Å²) in [5.74, 6) is 5.61. The van der Waals surface area contributed by atoms with Crippen LogP contribution in [-0.2, 0) is 27.1 Å². The highest BCUT2D eigenvalue weighted by atomic mass is 35.5. The lowest BCUT2D eigenvalue weighted by Gasteiger charge is -2.27. The van der Waals surface area contributed by atoms with Crippen LogP contribution in [0.4, 0.5) is 5.82 Å². The molecular formula is C96H87ClN14O16S. The number of carbonyl (C=O) groups is 6. The van der Waals surface area contributed by atoms with Gasteiger partial charge in [-0.1, -0.05) is 42.3 Å². The largest absolute Gasteiger partial charge is 0.497 e. The molecule has 128 heavy (non-hydrogen) atoms. The number of benzene rings is 2. The van der Waals surface area contributed by atoms with Crippen molar-refractivity contribution < 1.29 is 74.2 Å². The van der Waals surface area contributed by atoms with Gasteiger partial charge in [0.1, 0.15) is 52.7 Å². The number of rotatable bonds is 26. The SMILES string of the molecule is COCCOCC(=O)n1ccc(/C=C/c2ccco2)n1.COc1ccc(CC(=O)n2ccc(/C=C/c3ccco3)n2)cc1.O=C(C1CCC1)n1ccc(/C=C/c2ccco2)n1.O=C(Cc1ccc(Cl)cc1)n1ccc(/C=C/c2ccco2)n1.O=C(c1ccc(N2CCOCC2)nc1)n1ccc(/C=C/c2ccco2)n1.O=C(c1ccsc1)n1ccc(/C=C/c2ccco2)n1. The molecule has 18 rings (SSSR count). The van der Waals surface area contributed by atoms with Crippen molar-refractivity contribution in [3.05, 3.63) is 364 Å². The van der Waals surface area contributed by atoms with Crippen LogP contribution in [0, 0.1) is 5.92 Å². The van der Waals surface area contributed by atoms with E-state index in [1.807, 2.05) is 144 Å². The number of pyridine rings is 1. The molecule has 30 nitrogen and oxygen atoms in total. The molecule has 0 unspecified atom stereocenters. The fourth-order valence-corrected chi connectivity index (χ4v) is 12.6. The maximum Gasteiger partial charge on any atom is 0.279 e. The third-order valence-corrected chi connectivity index (χ3v) is 19.8. The van der Waals surface area contributed by atoms with Crippen LogP contribution in [0.25, 0.3) is 72.9 Å². The molecule has 32 heteroatoms. The summed E-state index contributed by atoms with van der Waals surface area (Å²) >= 11 is 7.32. The molecule has 1 aliphatic carbocycles. The van der Waals surface area contributed by atoms with Gasteiger partial charge in [0, 0.05) is 79.9 Å². The van der Waals surface area contributed by atoms with E-state index in [0.717, 1.165) is 95.3 Å². The summed E-state index contributed by atoms with van der Waals surface area (Å²) in [4.78, 5) is 79.2. The van der Waals surface area contributed by atoms with Gasteiger partial charge in [-0.05, 0) is 254 Å². The molecule has 15 heterocycles. The van der Waals surface area contributed by atoms with Crippen molar-refractivity contribution in [2.45, 2.75) is 32.1 Å². The Morgan fingerprint density at radius 2 is 0.805 bits per heavy atom. The average molecular weight is 1760 g/mol. The fourth-order valence-electron chi connectivity index (χ4n) is 11.9. The second-order valence-electron chi connectivity index (χ2n) is 27.9. The van der Waals surface area contributed by atoms with Crippen molar-refractivity contribution in [3.8, 4) is 5.75 Å². The maximum absolute atomic E-state index is 12.6. The Hall–Kier alpha value is -15.5. The van der Waals surface area contributed by atoms with Crippen molar-refractivity contribution in [2.24, 2.45) is 5.92 Å². The first-order valence-electron chi connectivity index (χ1n) is 40.3. The normalized spacial score (nSPS) is 12.6. The molecule has 1 saturated heterocycles. The number of carbonyl (C=O) groups excluding carboxylic acids is 6. The number of ether oxygens (including phenoxy) is 4. The number of hydrogen-bond acceptors (Lipinski definition) is 25. The minimum Gasteiger partial charge on any atom is -0.497 e. The molecular weight excluding hydrogens is 1670 g/mol. The van der Waals surface area contributed by atoms with Gasteiger partial charge in [0.15, 0.2) is 0 Å². The standard InChI is InChI=1S/C19H18N4O3.C18H16N2O3.C17H13ClN2O2.C14H16N2O4.C14H10N2O2S.C14H14N2O2/c24-19(15-3-6-18(20-14-15)22-9-12-25-13-10-22)23-8-7-16(21-23)4-5-17-2-1-11-26-17;1-22-16-7-4-14(5-8-16)13-18(21)20-11-10-15(19-20)6-9-17-3-2-12-23-17;18-14-5-3-13(4-6-14)12-17(21)20-10-9-15(19-20)7-8-16-2-1-11-22-16;1-18-9-10-19-11-14(17)16-7-6-12(15-16)4-5-13-3-2-8-20-13;17-14(11-6-9-19-10-11)16-7-5-12(15-16)3-4-13-2-1-8-18-13;17-14(11-3-1-4-11)16-9-8-12(15-16)6-7-13-5-2-10-18-13/h1-8,11,14H,9-10,12-13H2;2-12H,13H2,1H3;1-11H,12H2;2-8H,9-11H2,1H3;1-10H;2,5-11H,1,3-4H2/b5-4+;9-6+;8-7+;5-4+;4-3+;7-6+. The van der Waals surface area contributed by atoms with E-state index in [1.165, 1.54) is 39.4 Å². The van der Waals surface area contributed by atoms with Crippen LogP contribution in [0.5, 0.6) is 5.75 Å². The van der Waals surface area contributed by atoms with Crippen LogP contribution in [-0.4, -0.2) is 159 Å². The molecule has 0 N–H and O–H groups in total. The number of nitrogens with zero attached hydrogens (tertiary/aromatic N) is 14. The molecule has 0 bridgehead atoms. The number of aromatic nitrogens is 13. The molecule has 0 atom stereocenters. The number of hydrogen-bond donors (Lipinski definition) is 0. The molecule has 2 fully saturated rings. The van der Waals surface area contributed by atoms with E-state index in [1.54, 1.807) is 211 Å². The first kappa shape index (κ1) is 90.2. The highest BCUT2D eigenvalue weighted by Crippen LogP contribution is 2.28. The summed E-state index contributed by atoms with van der Waals surface area (Å²) in [5, 5.41) is 29.7. The number of methoxy groups -OCH3 is 2. The predicted octanol–water partition coefficient (Wildman–Crippen LogP) is 18.7. The summed E-state index contributed by atoms with van der Waals surface area (Å²) in [6.07, 6.45) is 46.5. The van der Waals surface area contributed by atoms with Gasteiger partial charge >= 0.3 is 0 Å². The van der Waals surface area contributed by atoms with Gasteiger partial charge in [0.05, 0.1) is 129 Å². The van der Waals surface area contributed by atoms with Gasteiger partial charge in [0.2, 0.25) is 5.91 Å². The molecule has 0 amide bonds. The Balaban J connectivity index is 0.000000132.